The molecule has 1 saturated carbocycles. The van der Waals surface area contributed by atoms with Crippen LogP contribution in [-0.4, -0.2) is 29.8 Å². The van der Waals surface area contributed by atoms with Crippen LogP contribution < -0.4 is 9.47 Å². The third-order valence-electron chi connectivity index (χ3n) is 4.03. The first kappa shape index (κ1) is 15.0. The number of para-hydroxylation sites is 1. The van der Waals surface area contributed by atoms with Crippen LogP contribution in [0.25, 0.3) is 0 Å². The highest BCUT2D eigenvalue weighted by atomic mass is 35.5. The van der Waals surface area contributed by atoms with E-state index in [0.29, 0.717) is 0 Å². The molecule has 0 amide bonds. The average molecular weight is 311 g/mol. The molecule has 3 unspecified atom stereocenters. The van der Waals surface area contributed by atoms with Crippen molar-refractivity contribution in [1.82, 2.24) is 0 Å². The van der Waals surface area contributed by atoms with E-state index in [1.807, 2.05) is 12.1 Å². The Kier molecular flexibility index (Phi) is 4.06. The van der Waals surface area contributed by atoms with E-state index in [1.165, 1.54) is 5.56 Å². The van der Waals surface area contributed by atoms with E-state index in [-0.39, 0.29) is 23.2 Å². The summed E-state index contributed by atoms with van der Waals surface area (Å²) in [5.41, 5.74) is 1.06. The van der Waals surface area contributed by atoms with Gasteiger partial charge in [0.2, 0.25) is 0 Å². The van der Waals surface area contributed by atoms with Crippen molar-refractivity contribution in [2.45, 2.75) is 63.2 Å². The molecule has 1 aliphatic carbocycles. The van der Waals surface area contributed by atoms with Crippen molar-refractivity contribution in [2.75, 3.05) is 6.61 Å². The average Bonchev–Trinajstić information content (AvgIpc) is 2.73. The number of benzene rings is 1. The van der Waals surface area contributed by atoms with Crippen molar-refractivity contribution in [3.8, 4) is 11.5 Å². The lowest BCUT2D eigenvalue weighted by atomic mass is 9.90. The molecule has 0 N–H and O–H groups in total. The first-order valence-electron chi connectivity index (χ1n) is 7.73. The van der Waals surface area contributed by atoms with E-state index in [2.05, 4.69) is 26.8 Å². The zero-order valence-corrected chi connectivity index (χ0v) is 13.7. The van der Waals surface area contributed by atoms with Gasteiger partial charge in [0, 0.05) is 25.0 Å². The lowest BCUT2D eigenvalue weighted by Gasteiger charge is -2.40. The number of halogens is 1. The fraction of sp³-hybridized carbons (Fsp3) is 0.647. The lowest BCUT2D eigenvalue weighted by molar-refractivity contribution is -0.0807. The second-order valence-corrected chi connectivity index (χ2v) is 7.09. The van der Waals surface area contributed by atoms with Gasteiger partial charge in [-0.1, -0.05) is 19.1 Å². The normalized spacial score (nSPS) is 29.4. The van der Waals surface area contributed by atoms with Gasteiger partial charge in [-0.25, -0.2) is 0 Å². The summed E-state index contributed by atoms with van der Waals surface area (Å²) in [7, 11) is 0. The fourth-order valence-electron chi connectivity index (χ4n) is 2.95. The van der Waals surface area contributed by atoms with E-state index in [4.69, 9.17) is 25.8 Å². The van der Waals surface area contributed by atoms with Crippen molar-refractivity contribution in [2.24, 2.45) is 0 Å². The lowest BCUT2D eigenvalue weighted by Crippen LogP contribution is -2.52. The van der Waals surface area contributed by atoms with E-state index < -0.39 is 0 Å². The van der Waals surface area contributed by atoms with Crippen LogP contribution >= 0.6 is 11.6 Å². The van der Waals surface area contributed by atoms with Crippen molar-refractivity contribution in [3.63, 3.8) is 0 Å². The summed E-state index contributed by atoms with van der Waals surface area (Å²) < 4.78 is 18.0. The Morgan fingerprint density at radius 2 is 2.19 bits per heavy atom. The maximum Gasteiger partial charge on any atom is 0.165 e. The minimum Gasteiger partial charge on any atom is -0.484 e. The molecule has 1 heterocycles. The predicted octanol–water partition coefficient (Wildman–Crippen LogP) is 3.95. The standard InChI is InChI=1S/C17H23ClO3/c1-4-8-19-16-12(18)9-14(16)20-13-7-5-6-11-10-17(2,3)21-15(11)13/h5-7,12,14,16H,4,8-10H2,1-3H3. The molecule has 0 spiro atoms. The summed E-state index contributed by atoms with van der Waals surface area (Å²) in [6.07, 6.45) is 2.74. The van der Waals surface area contributed by atoms with Crippen molar-refractivity contribution < 1.29 is 14.2 Å². The molecule has 1 fully saturated rings. The van der Waals surface area contributed by atoms with Gasteiger partial charge >= 0.3 is 0 Å². The van der Waals surface area contributed by atoms with Crippen LogP contribution in [-0.2, 0) is 11.2 Å². The van der Waals surface area contributed by atoms with Crippen LogP contribution in [0.2, 0.25) is 0 Å². The van der Waals surface area contributed by atoms with E-state index in [1.54, 1.807) is 0 Å². The molecule has 3 rings (SSSR count). The van der Waals surface area contributed by atoms with Crippen LogP contribution in [0.4, 0.5) is 0 Å². The summed E-state index contributed by atoms with van der Waals surface area (Å²) in [6.45, 7) is 7.02. The van der Waals surface area contributed by atoms with Crippen molar-refractivity contribution >= 4 is 11.6 Å². The van der Waals surface area contributed by atoms with Crippen LogP contribution in [0.1, 0.15) is 39.2 Å². The summed E-state index contributed by atoms with van der Waals surface area (Å²) in [6, 6.07) is 6.10. The first-order chi connectivity index (χ1) is 10.00. The highest BCUT2D eigenvalue weighted by Crippen LogP contribution is 2.44. The molecule has 1 aromatic rings. The van der Waals surface area contributed by atoms with Gasteiger partial charge in [0.25, 0.3) is 0 Å². The van der Waals surface area contributed by atoms with Crippen LogP contribution in [0, 0.1) is 0 Å². The Morgan fingerprint density at radius 3 is 2.90 bits per heavy atom. The van der Waals surface area contributed by atoms with Gasteiger partial charge < -0.3 is 14.2 Å². The number of fused-ring (bicyclic) bond motifs is 1. The summed E-state index contributed by atoms with van der Waals surface area (Å²) >= 11 is 6.24. The maximum absolute atomic E-state index is 6.24. The molecule has 0 saturated heterocycles. The maximum atomic E-state index is 6.24. The Balaban J connectivity index is 1.71. The minimum absolute atomic E-state index is 0.0168. The topological polar surface area (TPSA) is 27.7 Å². The first-order valence-corrected chi connectivity index (χ1v) is 8.17. The molecule has 0 aromatic heterocycles. The van der Waals surface area contributed by atoms with Crippen LogP contribution in [0.5, 0.6) is 11.5 Å². The molecule has 2 aliphatic rings. The number of ether oxygens (including phenoxy) is 3. The van der Waals surface area contributed by atoms with Crippen LogP contribution in [0.15, 0.2) is 18.2 Å². The smallest absolute Gasteiger partial charge is 0.165 e. The molecular weight excluding hydrogens is 288 g/mol. The van der Waals surface area contributed by atoms with Gasteiger partial charge in [-0.2, -0.15) is 0 Å². The Labute approximate surface area is 131 Å². The second kappa shape index (κ2) is 5.69. The summed E-state index contributed by atoms with van der Waals surface area (Å²) in [5.74, 6) is 1.70. The second-order valence-electron chi connectivity index (χ2n) is 6.53. The zero-order chi connectivity index (χ0) is 15.0. The molecule has 0 radical (unpaired) electrons. The Hall–Kier alpha value is -0.930. The van der Waals surface area contributed by atoms with Gasteiger partial charge in [-0.3, -0.25) is 0 Å². The molecule has 1 aliphatic heterocycles. The molecule has 3 atom stereocenters. The quantitative estimate of drug-likeness (QED) is 0.771. The number of hydrogen-bond acceptors (Lipinski definition) is 3. The Morgan fingerprint density at radius 1 is 1.38 bits per heavy atom. The summed E-state index contributed by atoms with van der Waals surface area (Å²) in [4.78, 5) is 0. The number of rotatable bonds is 5. The molecular formula is C17H23ClO3. The van der Waals surface area contributed by atoms with Gasteiger partial charge in [0.05, 0.1) is 5.38 Å². The highest BCUT2D eigenvalue weighted by Gasteiger charge is 2.43. The predicted molar refractivity (Wildman–Crippen MR) is 83.6 cm³/mol. The van der Waals surface area contributed by atoms with Gasteiger partial charge in [-0.15, -0.1) is 11.6 Å². The third-order valence-corrected chi connectivity index (χ3v) is 4.45. The van der Waals surface area contributed by atoms with E-state index in [9.17, 15) is 0 Å². The SMILES string of the molecule is CCCOC1C(Cl)CC1Oc1cccc2c1OC(C)(C)C2. The molecule has 0 bridgehead atoms. The molecule has 3 nitrogen and oxygen atoms in total. The van der Waals surface area contributed by atoms with Crippen LogP contribution in [0.3, 0.4) is 0 Å². The number of alkyl halides is 1. The largest absolute Gasteiger partial charge is 0.484 e. The highest BCUT2D eigenvalue weighted by molar-refractivity contribution is 6.21. The minimum atomic E-state index is -0.158. The fourth-order valence-corrected chi connectivity index (χ4v) is 3.36. The van der Waals surface area contributed by atoms with E-state index in [0.717, 1.165) is 37.4 Å². The molecule has 21 heavy (non-hydrogen) atoms. The number of hydrogen-bond donors (Lipinski definition) is 0. The molecule has 4 heteroatoms. The van der Waals surface area contributed by atoms with Crippen molar-refractivity contribution in [3.05, 3.63) is 23.8 Å². The van der Waals surface area contributed by atoms with Gasteiger partial charge in [0.15, 0.2) is 11.5 Å². The third kappa shape index (κ3) is 3.00. The molecule has 116 valence electrons. The summed E-state index contributed by atoms with van der Waals surface area (Å²) in [5, 5.41) is 0.0515. The van der Waals surface area contributed by atoms with E-state index >= 15 is 0 Å². The van der Waals surface area contributed by atoms with Crippen molar-refractivity contribution in [1.29, 1.82) is 0 Å². The van der Waals surface area contributed by atoms with Gasteiger partial charge in [-0.05, 0) is 26.3 Å². The zero-order valence-electron chi connectivity index (χ0n) is 12.9. The Bertz CT molecular complexity index is 515. The van der Waals surface area contributed by atoms with Gasteiger partial charge in [0.1, 0.15) is 17.8 Å². The molecule has 1 aromatic carbocycles. The monoisotopic (exact) mass is 310 g/mol.